The molecular weight excluding hydrogens is 182 g/mol. The highest BCUT2D eigenvalue weighted by atomic mass is 16.6. The largest absolute Gasteiger partial charge is 0.358 e. The first-order valence-electron chi connectivity index (χ1n) is 5.23. The molecule has 14 heavy (non-hydrogen) atoms. The summed E-state index contributed by atoms with van der Waals surface area (Å²) in [7, 11) is 0. The fourth-order valence-corrected chi connectivity index (χ4v) is 2.18. The fraction of sp³-hybridized carbons (Fsp3) is 0.900. The van der Waals surface area contributed by atoms with Gasteiger partial charge in [-0.05, 0) is 12.8 Å². The van der Waals surface area contributed by atoms with Crippen LogP contribution in [0.25, 0.3) is 0 Å². The number of carbonyl (C=O) groups excluding carboxylic acids is 1. The Balaban J connectivity index is 2.20. The van der Waals surface area contributed by atoms with Gasteiger partial charge in [-0.25, -0.2) is 0 Å². The number of hydrogen-bond donors (Lipinski definition) is 1. The zero-order valence-corrected chi connectivity index (χ0v) is 8.69. The van der Waals surface area contributed by atoms with Crippen LogP contribution in [-0.2, 0) is 9.53 Å². The van der Waals surface area contributed by atoms with Crippen LogP contribution in [-0.4, -0.2) is 40.9 Å². The highest BCUT2D eigenvalue weighted by Gasteiger charge is 2.50. The van der Waals surface area contributed by atoms with Crippen molar-refractivity contribution in [2.24, 2.45) is 5.92 Å². The molecule has 2 atom stereocenters. The van der Waals surface area contributed by atoms with Gasteiger partial charge in [0, 0.05) is 12.5 Å². The molecule has 1 amide bonds. The van der Waals surface area contributed by atoms with E-state index in [1.807, 2.05) is 0 Å². The maximum absolute atomic E-state index is 11.9. The van der Waals surface area contributed by atoms with Crippen LogP contribution in [0.4, 0.5) is 0 Å². The molecular formula is C10H17NO3. The minimum Gasteiger partial charge on any atom is -0.358 e. The van der Waals surface area contributed by atoms with Crippen LogP contribution in [0.2, 0.25) is 0 Å². The quantitative estimate of drug-likeness (QED) is 0.663. The number of aliphatic hydroxyl groups is 1. The van der Waals surface area contributed by atoms with E-state index in [9.17, 15) is 9.90 Å². The van der Waals surface area contributed by atoms with Gasteiger partial charge in [-0.2, -0.15) is 0 Å². The van der Waals surface area contributed by atoms with Crippen LogP contribution in [0, 0.1) is 5.92 Å². The molecule has 0 aromatic heterocycles. The predicted molar refractivity (Wildman–Crippen MR) is 50.5 cm³/mol. The lowest BCUT2D eigenvalue weighted by Crippen LogP contribution is -2.61. The van der Waals surface area contributed by atoms with Crippen LogP contribution < -0.4 is 0 Å². The highest BCUT2D eigenvalue weighted by Crippen LogP contribution is 2.32. The van der Waals surface area contributed by atoms with Gasteiger partial charge in [0.25, 0.3) is 5.91 Å². The molecule has 4 nitrogen and oxygen atoms in total. The minimum atomic E-state index is -1.58. The van der Waals surface area contributed by atoms with Crippen molar-refractivity contribution in [1.82, 2.24) is 4.90 Å². The number of rotatable bonds is 1. The molecule has 1 unspecified atom stereocenters. The maximum atomic E-state index is 11.9. The molecule has 2 aliphatic rings. The molecule has 0 saturated carbocycles. The molecule has 2 fully saturated rings. The summed E-state index contributed by atoms with van der Waals surface area (Å²) in [6, 6.07) is 0.196. The van der Waals surface area contributed by atoms with Crippen LogP contribution in [0.1, 0.15) is 26.7 Å². The second-order valence-corrected chi connectivity index (χ2v) is 4.46. The Labute approximate surface area is 83.8 Å². The van der Waals surface area contributed by atoms with E-state index in [2.05, 4.69) is 0 Å². The predicted octanol–water partition coefficient (Wildman–Crippen LogP) is 0.352. The monoisotopic (exact) mass is 199 g/mol. The number of fused-ring (bicyclic) bond motifs is 1. The third-order valence-electron chi connectivity index (χ3n) is 3.22. The molecule has 0 aromatic rings. The van der Waals surface area contributed by atoms with E-state index >= 15 is 0 Å². The zero-order valence-electron chi connectivity index (χ0n) is 8.69. The lowest BCUT2D eigenvalue weighted by molar-refractivity contribution is -0.255. The first-order chi connectivity index (χ1) is 6.55. The van der Waals surface area contributed by atoms with Crippen molar-refractivity contribution in [1.29, 1.82) is 0 Å². The van der Waals surface area contributed by atoms with Crippen molar-refractivity contribution in [3.05, 3.63) is 0 Å². The smallest absolute Gasteiger partial charge is 0.283 e. The van der Waals surface area contributed by atoms with Gasteiger partial charge in [0.15, 0.2) is 0 Å². The Morgan fingerprint density at radius 1 is 1.64 bits per heavy atom. The number of ether oxygens (including phenoxy) is 1. The SMILES string of the molecule is CC(C)C1(O)OC[C@@H]2CCCN2C1=O. The molecule has 2 aliphatic heterocycles. The van der Waals surface area contributed by atoms with Crippen molar-refractivity contribution in [2.45, 2.75) is 38.5 Å². The van der Waals surface area contributed by atoms with Crippen molar-refractivity contribution in [3.8, 4) is 0 Å². The maximum Gasteiger partial charge on any atom is 0.283 e. The van der Waals surface area contributed by atoms with Gasteiger partial charge >= 0.3 is 0 Å². The number of nitrogens with zero attached hydrogens (tertiary/aromatic N) is 1. The molecule has 0 bridgehead atoms. The summed E-state index contributed by atoms with van der Waals surface area (Å²) in [6.45, 7) is 4.84. The summed E-state index contributed by atoms with van der Waals surface area (Å²) in [6.07, 6.45) is 2.02. The van der Waals surface area contributed by atoms with E-state index in [4.69, 9.17) is 4.74 Å². The van der Waals surface area contributed by atoms with Gasteiger partial charge in [-0.15, -0.1) is 0 Å². The Morgan fingerprint density at radius 3 is 3.00 bits per heavy atom. The summed E-state index contributed by atoms with van der Waals surface area (Å²) in [5, 5.41) is 10.1. The summed E-state index contributed by atoms with van der Waals surface area (Å²) >= 11 is 0. The topological polar surface area (TPSA) is 49.8 Å². The van der Waals surface area contributed by atoms with Gasteiger partial charge in [0.1, 0.15) is 0 Å². The molecule has 2 rings (SSSR count). The normalized spacial score (nSPS) is 37.9. The number of amides is 1. The van der Waals surface area contributed by atoms with Gasteiger partial charge in [0.05, 0.1) is 12.6 Å². The van der Waals surface area contributed by atoms with Gasteiger partial charge in [-0.1, -0.05) is 13.8 Å². The first-order valence-corrected chi connectivity index (χ1v) is 5.23. The number of hydrogen-bond acceptors (Lipinski definition) is 3. The first kappa shape index (κ1) is 9.93. The average Bonchev–Trinajstić information content (AvgIpc) is 2.59. The lowest BCUT2D eigenvalue weighted by atomic mass is 9.99. The van der Waals surface area contributed by atoms with Crippen molar-refractivity contribution in [3.63, 3.8) is 0 Å². The Kier molecular flexibility index (Phi) is 2.27. The molecule has 0 aromatic carbocycles. The summed E-state index contributed by atoms with van der Waals surface area (Å²) in [4.78, 5) is 13.7. The van der Waals surface area contributed by atoms with E-state index in [0.29, 0.717) is 6.61 Å². The average molecular weight is 199 g/mol. The van der Waals surface area contributed by atoms with Crippen molar-refractivity contribution in [2.75, 3.05) is 13.2 Å². The molecule has 0 spiro atoms. The molecule has 1 N–H and O–H groups in total. The fourth-order valence-electron chi connectivity index (χ4n) is 2.18. The van der Waals surface area contributed by atoms with Crippen LogP contribution in [0.3, 0.4) is 0 Å². The minimum absolute atomic E-state index is 0.196. The second-order valence-electron chi connectivity index (χ2n) is 4.46. The van der Waals surface area contributed by atoms with Crippen LogP contribution in [0.15, 0.2) is 0 Å². The Morgan fingerprint density at radius 2 is 2.36 bits per heavy atom. The van der Waals surface area contributed by atoms with E-state index < -0.39 is 5.79 Å². The van der Waals surface area contributed by atoms with Crippen molar-refractivity contribution >= 4 is 5.91 Å². The summed E-state index contributed by atoms with van der Waals surface area (Å²) < 4.78 is 5.32. The van der Waals surface area contributed by atoms with Gasteiger partial charge < -0.3 is 14.7 Å². The Hall–Kier alpha value is -0.610. The van der Waals surface area contributed by atoms with Crippen molar-refractivity contribution < 1.29 is 14.6 Å². The van der Waals surface area contributed by atoms with E-state index in [0.717, 1.165) is 19.4 Å². The number of carbonyl (C=O) groups is 1. The molecule has 2 saturated heterocycles. The second kappa shape index (κ2) is 3.21. The van der Waals surface area contributed by atoms with E-state index in [1.54, 1.807) is 18.7 Å². The zero-order chi connectivity index (χ0) is 10.3. The summed E-state index contributed by atoms with van der Waals surface area (Å²) in [5.41, 5.74) is 0. The molecule has 80 valence electrons. The molecule has 0 aliphatic carbocycles. The third kappa shape index (κ3) is 1.25. The third-order valence-corrected chi connectivity index (χ3v) is 3.22. The van der Waals surface area contributed by atoms with Gasteiger partial charge in [0.2, 0.25) is 5.79 Å². The Bertz CT molecular complexity index is 254. The summed E-state index contributed by atoms with van der Waals surface area (Å²) in [5.74, 6) is -2.03. The molecule has 0 radical (unpaired) electrons. The van der Waals surface area contributed by atoms with Gasteiger partial charge in [-0.3, -0.25) is 4.79 Å². The standard InChI is InChI=1S/C10H17NO3/c1-7(2)10(13)9(12)11-5-3-4-8(11)6-14-10/h7-8,13H,3-6H2,1-2H3/t8-,10?/m0/s1. The van der Waals surface area contributed by atoms with E-state index in [-0.39, 0.29) is 17.9 Å². The highest BCUT2D eigenvalue weighted by molar-refractivity contribution is 5.85. The number of morpholine rings is 1. The lowest BCUT2D eigenvalue weighted by Gasteiger charge is -2.41. The molecule has 4 heteroatoms. The molecule has 2 heterocycles. The van der Waals surface area contributed by atoms with Crippen LogP contribution in [0.5, 0.6) is 0 Å². The van der Waals surface area contributed by atoms with E-state index in [1.165, 1.54) is 0 Å². The van der Waals surface area contributed by atoms with Crippen LogP contribution >= 0.6 is 0 Å².